The summed E-state index contributed by atoms with van der Waals surface area (Å²) in [6, 6.07) is 8.89. The Balaban J connectivity index is 1.86. The number of benzene rings is 1. The van der Waals surface area contributed by atoms with Crippen LogP contribution >= 0.6 is 0 Å². The number of nitrogens with one attached hydrogen (secondary N) is 1. The van der Waals surface area contributed by atoms with Crippen LogP contribution < -0.4 is 5.32 Å². The van der Waals surface area contributed by atoms with Crippen LogP contribution in [0.15, 0.2) is 24.3 Å². The van der Waals surface area contributed by atoms with Gasteiger partial charge in [0.05, 0.1) is 6.04 Å². The highest BCUT2D eigenvalue weighted by atomic mass is 16.2. The van der Waals surface area contributed by atoms with E-state index in [4.69, 9.17) is 0 Å². The maximum Gasteiger partial charge on any atom is 0.226 e. The first-order valence-corrected chi connectivity index (χ1v) is 8.27. The van der Waals surface area contributed by atoms with Gasteiger partial charge in [0.25, 0.3) is 0 Å². The summed E-state index contributed by atoms with van der Waals surface area (Å²) in [6.45, 7) is 7.30. The fraction of sp³-hybridized carbons (Fsp3) is 0.611. The number of hydrogen-bond acceptors (Lipinski definition) is 2. The molecule has 1 aromatic rings. The summed E-state index contributed by atoms with van der Waals surface area (Å²) in [6.07, 6.45) is 2.97. The number of hydrogen-bond donors (Lipinski definition) is 1. The number of carbonyl (C=O) groups is 1. The van der Waals surface area contributed by atoms with Crippen molar-refractivity contribution in [3.8, 4) is 0 Å². The lowest BCUT2D eigenvalue weighted by Crippen LogP contribution is -2.47. The lowest BCUT2D eigenvalue weighted by Gasteiger charge is -2.42. The Morgan fingerprint density at radius 3 is 2.67 bits per heavy atom. The van der Waals surface area contributed by atoms with E-state index < -0.39 is 0 Å². The van der Waals surface area contributed by atoms with Crippen molar-refractivity contribution in [2.24, 2.45) is 11.8 Å². The average Bonchev–Trinajstić information content (AvgIpc) is 2.53. The average molecular weight is 286 g/mol. The number of fused-ring (bicyclic) bond motifs is 1. The van der Waals surface area contributed by atoms with Gasteiger partial charge in [0.1, 0.15) is 0 Å². The molecule has 2 aliphatic heterocycles. The van der Waals surface area contributed by atoms with Gasteiger partial charge in [0.15, 0.2) is 0 Å². The van der Waals surface area contributed by atoms with Crippen LogP contribution in [0, 0.1) is 11.8 Å². The monoisotopic (exact) mass is 286 g/mol. The van der Waals surface area contributed by atoms with Crippen molar-refractivity contribution in [2.75, 3.05) is 19.6 Å². The molecule has 21 heavy (non-hydrogen) atoms. The summed E-state index contributed by atoms with van der Waals surface area (Å²) < 4.78 is 0. The van der Waals surface area contributed by atoms with Crippen molar-refractivity contribution >= 4 is 5.91 Å². The zero-order chi connectivity index (χ0) is 14.8. The van der Waals surface area contributed by atoms with Crippen LogP contribution in [0.25, 0.3) is 0 Å². The molecule has 1 atom stereocenters. The third-order valence-electron chi connectivity index (χ3n) is 4.93. The molecule has 1 fully saturated rings. The predicted molar refractivity (Wildman–Crippen MR) is 85.0 cm³/mol. The first-order valence-electron chi connectivity index (χ1n) is 8.27. The zero-order valence-corrected chi connectivity index (χ0v) is 13.1. The topological polar surface area (TPSA) is 32.3 Å². The van der Waals surface area contributed by atoms with Gasteiger partial charge >= 0.3 is 0 Å². The van der Waals surface area contributed by atoms with Crippen molar-refractivity contribution in [1.82, 2.24) is 10.2 Å². The highest BCUT2D eigenvalue weighted by Gasteiger charge is 2.35. The number of rotatable bonds is 2. The molecule has 0 saturated carbocycles. The molecule has 3 nitrogen and oxygen atoms in total. The van der Waals surface area contributed by atoms with Gasteiger partial charge in [0, 0.05) is 12.5 Å². The summed E-state index contributed by atoms with van der Waals surface area (Å²) in [5, 5.41) is 3.35. The summed E-state index contributed by atoms with van der Waals surface area (Å²) >= 11 is 0. The maximum atomic E-state index is 13.0. The first kappa shape index (κ1) is 14.6. The van der Waals surface area contributed by atoms with E-state index in [9.17, 15) is 4.79 Å². The van der Waals surface area contributed by atoms with Crippen molar-refractivity contribution in [3.63, 3.8) is 0 Å². The summed E-state index contributed by atoms with van der Waals surface area (Å²) in [5.41, 5.74) is 2.78. The van der Waals surface area contributed by atoms with E-state index in [1.165, 1.54) is 11.1 Å². The first-order chi connectivity index (χ1) is 10.2. The minimum atomic E-state index is 0.220. The number of nitrogens with zero attached hydrogens (tertiary/aromatic N) is 1. The molecule has 114 valence electrons. The van der Waals surface area contributed by atoms with E-state index in [0.29, 0.717) is 11.8 Å². The van der Waals surface area contributed by atoms with Crippen LogP contribution in [0.2, 0.25) is 0 Å². The Labute approximate surface area is 127 Å². The number of carbonyl (C=O) groups excluding carboxylic acids is 1. The van der Waals surface area contributed by atoms with E-state index in [-0.39, 0.29) is 12.0 Å². The third kappa shape index (κ3) is 2.84. The third-order valence-corrected chi connectivity index (χ3v) is 4.93. The van der Waals surface area contributed by atoms with Crippen LogP contribution in [-0.2, 0) is 11.2 Å². The molecular weight excluding hydrogens is 260 g/mol. The van der Waals surface area contributed by atoms with Gasteiger partial charge in [-0.15, -0.1) is 0 Å². The molecule has 3 heteroatoms. The quantitative estimate of drug-likeness (QED) is 0.906. The molecule has 0 aromatic heterocycles. The van der Waals surface area contributed by atoms with Crippen molar-refractivity contribution in [2.45, 2.75) is 39.2 Å². The molecule has 1 amide bonds. The van der Waals surface area contributed by atoms with Gasteiger partial charge in [-0.05, 0) is 49.4 Å². The van der Waals surface area contributed by atoms with Crippen LogP contribution in [0.4, 0.5) is 0 Å². The Morgan fingerprint density at radius 2 is 1.95 bits per heavy atom. The predicted octanol–water partition coefficient (Wildman–Crippen LogP) is 2.77. The molecule has 2 aliphatic rings. The van der Waals surface area contributed by atoms with Gasteiger partial charge in [-0.1, -0.05) is 38.1 Å². The molecule has 1 N–H and O–H groups in total. The standard InChI is InChI=1S/C18H26N2O/c1-13(2)17-16-6-4-3-5-14(16)9-12-20(17)18(21)15-7-10-19-11-8-15/h3-6,13,15,17,19H,7-12H2,1-2H3. The van der Waals surface area contributed by atoms with Crippen LogP contribution in [0.1, 0.15) is 43.9 Å². The molecule has 1 aromatic carbocycles. The Bertz CT molecular complexity index is 506. The number of amides is 1. The van der Waals surface area contributed by atoms with Gasteiger partial charge in [0.2, 0.25) is 5.91 Å². The van der Waals surface area contributed by atoms with E-state index in [1.54, 1.807) is 0 Å². The van der Waals surface area contributed by atoms with Gasteiger partial charge in [-0.2, -0.15) is 0 Å². The molecule has 2 heterocycles. The van der Waals surface area contributed by atoms with Gasteiger partial charge < -0.3 is 10.2 Å². The smallest absolute Gasteiger partial charge is 0.226 e. The molecule has 0 radical (unpaired) electrons. The van der Waals surface area contributed by atoms with Crippen molar-refractivity contribution in [3.05, 3.63) is 35.4 Å². The molecule has 1 unspecified atom stereocenters. The van der Waals surface area contributed by atoms with E-state index in [2.05, 4.69) is 48.3 Å². The van der Waals surface area contributed by atoms with Crippen LogP contribution in [0.5, 0.6) is 0 Å². The maximum absolute atomic E-state index is 13.0. The van der Waals surface area contributed by atoms with Gasteiger partial charge in [-0.3, -0.25) is 4.79 Å². The Kier molecular flexibility index (Phi) is 4.29. The second kappa shape index (κ2) is 6.18. The molecular formula is C18H26N2O. The second-order valence-electron chi connectivity index (χ2n) is 6.69. The SMILES string of the molecule is CC(C)C1c2ccccc2CCN1C(=O)C1CCNCC1. The largest absolute Gasteiger partial charge is 0.335 e. The summed E-state index contributed by atoms with van der Waals surface area (Å²) in [4.78, 5) is 15.1. The van der Waals surface area contributed by atoms with E-state index >= 15 is 0 Å². The van der Waals surface area contributed by atoms with Crippen LogP contribution in [-0.4, -0.2) is 30.4 Å². The second-order valence-corrected chi connectivity index (χ2v) is 6.69. The minimum absolute atomic E-state index is 0.220. The van der Waals surface area contributed by atoms with Crippen molar-refractivity contribution in [1.29, 1.82) is 0 Å². The highest BCUT2D eigenvalue weighted by molar-refractivity contribution is 5.80. The number of piperidine rings is 1. The summed E-state index contributed by atoms with van der Waals surface area (Å²) in [7, 11) is 0. The van der Waals surface area contributed by atoms with Crippen LogP contribution in [0.3, 0.4) is 0 Å². The lowest BCUT2D eigenvalue weighted by atomic mass is 9.84. The van der Waals surface area contributed by atoms with Crippen molar-refractivity contribution < 1.29 is 4.79 Å². The van der Waals surface area contributed by atoms with E-state index in [0.717, 1.165) is 38.9 Å². The summed E-state index contributed by atoms with van der Waals surface area (Å²) in [5.74, 6) is 1.06. The molecule has 3 rings (SSSR count). The molecule has 0 aliphatic carbocycles. The zero-order valence-electron chi connectivity index (χ0n) is 13.1. The molecule has 1 saturated heterocycles. The normalized spacial score (nSPS) is 23.2. The highest BCUT2D eigenvalue weighted by Crippen LogP contribution is 2.36. The Morgan fingerprint density at radius 1 is 1.24 bits per heavy atom. The minimum Gasteiger partial charge on any atom is -0.335 e. The van der Waals surface area contributed by atoms with E-state index in [1.807, 2.05) is 0 Å². The molecule has 0 bridgehead atoms. The fourth-order valence-electron chi connectivity index (χ4n) is 3.87. The molecule has 0 spiro atoms. The van der Waals surface area contributed by atoms with Gasteiger partial charge in [-0.25, -0.2) is 0 Å². The lowest BCUT2D eigenvalue weighted by molar-refractivity contribution is -0.140. The Hall–Kier alpha value is -1.35. The fourth-order valence-corrected chi connectivity index (χ4v) is 3.87.